The van der Waals surface area contributed by atoms with E-state index in [9.17, 15) is 8.42 Å². The molecule has 0 saturated carbocycles. The Balaban J connectivity index is 2.36. The van der Waals surface area contributed by atoms with Crippen LogP contribution in [-0.2, 0) is 15.6 Å². The molecule has 5 heteroatoms. The van der Waals surface area contributed by atoms with Crippen molar-refractivity contribution < 1.29 is 8.42 Å². The predicted molar refractivity (Wildman–Crippen MR) is 88.9 cm³/mol. The molecular formula is C15H16INO2S. The average Bonchev–Trinajstić information content (AvgIpc) is 2.39. The summed E-state index contributed by atoms with van der Waals surface area (Å²) < 4.78 is 28.5. The molecule has 0 aromatic heterocycles. The van der Waals surface area contributed by atoms with E-state index in [1.54, 1.807) is 18.2 Å². The fourth-order valence-electron chi connectivity index (χ4n) is 1.97. The van der Waals surface area contributed by atoms with Gasteiger partial charge in [-0.1, -0.05) is 42.5 Å². The molecule has 2 aromatic rings. The first-order valence-electron chi connectivity index (χ1n) is 6.17. The van der Waals surface area contributed by atoms with Crippen molar-refractivity contribution in [1.82, 2.24) is 4.72 Å². The van der Waals surface area contributed by atoms with Gasteiger partial charge >= 0.3 is 0 Å². The van der Waals surface area contributed by atoms with Gasteiger partial charge in [0.2, 0.25) is 10.0 Å². The maximum Gasteiger partial charge on any atom is 0.242 e. The molecule has 0 heterocycles. The highest BCUT2D eigenvalue weighted by Crippen LogP contribution is 2.24. The highest BCUT2D eigenvalue weighted by atomic mass is 127. The molecule has 3 nitrogen and oxygen atoms in total. The van der Waals surface area contributed by atoms with Gasteiger partial charge in [0.05, 0.1) is 10.4 Å². The van der Waals surface area contributed by atoms with Crippen LogP contribution >= 0.6 is 22.6 Å². The number of hydrogen-bond donors (Lipinski definition) is 1. The highest BCUT2D eigenvalue weighted by Gasteiger charge is 2.28. The number of sulfonamides is 1. The van der Waals surface area contributed by atoms with Crippen LogP contribution in [0.4, 0.5) is 0 Å². The van der Waals surface area contributed by atoms with Crippen LogP contribution in [0.1, 0.15) is 19.4 Å². The van der Waals surface area contributed by atoms with E-state index < -0.39 is 15.6 Å². The second-order valence-corrected chi connectivity index (χ2v) is 7.84. The summed E-state index contributed by atoms with van der Waals surface area (Å²) in [6.07, 6.45) is 0. The minimum atomic E-state index is -3.55. The van der Waals surface area contributed by atoms with E-state index in [2.05, 4.69) is 4.72 Å². The maximum atomic E-state index is 12.5. The summed E-state index contributed by atoms with van der Waals surface area (Å²) in [6, 6.07) is 16.5. The van der Waals surface area contributed by atoms with Crippen molar-refractivity contribution in [3.05, 3.63) is 63.7 Å². The third kappa shape index (κ3) is 3.39. The van der Waals surface area contributed by atoms with Crippen LogP contribution in [0.25, 0.3) is 0 Å². The van der Waals surface area contributed by atoms with E-state index in [4.69, 9.17) is 0 Å². The minimum Gasteiger partial charge on any atom is -0.207 e. The summed E-state index contributed by atoms with van der Waals surface area (Å²) in [6.45, 7) is 3.71. The van der Waals surface area contributed by atoms with Crippen molar-refractivity contribution in [1.29, 1.82) is 0 Å². The van der Waals surface area contributed by atoms with Gasteiger partial charge in [-0.3, -0.25) is 0 Å². The number of nitrogens with one attached hydrogen (secondary N) is 1. The van der Waals surface area contributed by atoms with Crippen molar-refractivity contribution in [2.45, 2.75) is 24.3 Å². The lowest BCUT2D eigenvalue weighted by Gasteiger charge is -2.26. The second-order valence-electron chi connectivity index (χ2n) is 5.03. The van der Waals surface area contributed by atoms with Gasteiger partial charge in [-0.15, -0.1) is 0 Å². The van der Waals surface area contributed by atoms with E-state index in [0.717, 1.165) is 5.56 Å². The van der Waals surface area contributed by atoms with E-state index in [-0.39, 0.29) is 0 Å². The third-order valence-corrected chi connectivity index (χ3v) is 6.03. The Morgan fingerprint density at radius 1 is 0.950 bits per heavy atom. The van der Waals surface area contributed by atoms with E-state index in [1.165, 1.54) is 0 Å². The molecule has 0 aliphatic rings. The van der Waals surface area contributed by atoms with Crippen molar-refractivity contribution >= 4 is 32.6 Å². The van der Waals surface area contributed by atoms with Crippen molar-refractivity contribution in [3.63, 3.8) is 0 Å². The summed E-state index contributed by atoms with van der Waals surface area (Å²) in [5.41, 5.74) is 0.258. The van der Waals surface area contributed by atoms with Crippen LogP contribution in [-0.4, -0.2) is 8.42 Å². The first-order chi connectivity index (χ1) is 9.33. The van der Waals surface area contributed by atoms with E-state index in [0.29, 0.717) is 8.47 Å². The Morgan fingerprint density at radius 3 is 2.10 bits per heavy atom. The Labute approximate surface area is 133 Å². The first-order valence-corrected chi connectivity index (χ1v) is 8.73. The standard InChI is InChI=1S/C15H16INO2S/c1-15(2,12-8-4-3-5-9-12)17-20(18,19)14-11-7-6-10-13(14)16/h3-11,17H,1-2H3. The van der Waals surface area contributed by atoms with Gasteiger partial charge in [0.1, 0.15) is 0 Å². The van der Waals surface area contributed by atoms with Crippen molar-refractivity contribution in [3.8, 4) is 0 Å². The van der Waals surface area contributed by atoms with Crippen molar-refractivity contribution in [2.75, 3.05) is 0 Å². The zero-order chi connectivity index (χ0) is 14.8. The van der Waals surface area contributed by atoms with Gasteiger partial charge in [-0.25, -0.2) is 13.1 Å². The Morgan fingerprint density at radius 2 is 1.50 bits per heavy atom. The zero-order valence-electron chi connectivity index (χ0n) is 11.3. The molecule has 2 aromatic carbocycles. The summed E-state index contributed by atoms with van der Waals surface area (Å²) in [5.74, 6) is 0. The first kappa shape index (κ1) is 15.5. The molecule has 0 unspecified atom stereocenters. The molecule has 2 rings (SSSR count). The number of hydrogen-bond acceptors (Lipinski definition) is 2. The fourth-order valence-corrected chi connectivity index (χ4v) is 4.71. The lowest BCUT2D eigenvalue weighted by Crippen LogP contribution is -2.41. The molecule has 106 valence electrons. The molecule has 1 N–H and O–H groups in total. The molecule has 20 heavy (non-hydrogen) atoms. The lowest BCUT2D eigenvalue weighted by molar-refractivity contribution is 0.472. The molecule has 0 aliphatic heterocycles. The number of benzene rings is 2. The summed E-state index contributed by atoms with van der Waals surface area (Å²) in [4.78, 5) is 0.310. The van der Waals surface area contributed by atoms with E-state index >= 15 is 0 Å². The zero-order valence-corrected chi connectivity index (χ0v) is 14.3. The normalized spacial score (nSPS) is 12.3. The average molecular weight is 401 g/mol. The summed E-state index contributed by atoms with van der Waals surface area (Å²) >= 11 is 2.03. The smallest absolute Gasteiger partial charge is 0.207 e. The SMILES string of the molecule is CC(C)(NS(=O)(=O)c1ccccc1I)c1ccccc1. The van der Waals surface area contributed by atoms with Crippen LogP contribution in [0.3, 0.4) is 0 Å². The quantitative estimate of drug-likeness (QED) is 0.798. The molecule has 0 spiro atoms. The Hall–Kier alpha value is -0.920. The van der Waals surface area contributed by atoms with Crippen LogP contribution in [0.2, 0.25) is 0 Å². The lowest BCUT2D eigenvalue weighted by atomic mass is 9.96. The van der Waals surface area contributed by atoms with Gasteiger partial charge in [-0.05, 0) is 54.1 Å². The van der Waals surface area contributed by atoms with Gasteiger partial charge in [-0.2, -0.15) is 0 Å². The summed E-state index contributed by atoms with van der Waals surface area (Å²) in [5, 5.41) is 0. The molecule has 0 radical (unpaired) electrons. The second kappa shape index (κ2) is 5.83. The number of halogens is 1. The van der Waals surface area contributed by atoms with Gasteiger partial charge in [0.25, 0.3) is 0 Å². The monoisotopic (exact) mass is 401 g/mol. The Bertz CT molecular complexity index is 697. The van der Waals surface area contributed by atoms with Gasteiger partial charge < -0.3 is 0 Å². The van der Waals surface area contributed by atoms with Crippen LogP contribution in [0, 0.1) is 3.57 Å². The molecule has 0 aliphatic carbocycles. The largest absolute Gasteiger partial charge is 0.242 e. The molecule has 0 fully saturated rings. The predicted octanol–water partition coefficient (Wildman–Crippen LogP) is 3.50. The highest BCUT2D eigenvalue weighted by molar-refractivity contribution is 14.1. The molecule has 0 bridgehead atoms. The number of rotatable bonds is 4. The van der Waals surface area contributed by atoms with Crippen molar-refractivity contribution in [2.24, 2.45) is 0 Å². The minimum absolute atomic E-state index is 0.310. The van der Waals surface area contributed by atoms with Crippen LogP contribution in [0.15, 0.2) is 59.5 Å². The van der Waals surface area contributed by atoms with E-state index in [1.807, 2.05) is 72.8 Å². The van der Waals surface area contributed by atoms with Crippen LogP contribution in [0.5, 0.6) is 0 Å². The third-order valence-electron chi connectivity index (χ3n) is 3.01. The molecule has 0 saturated heterocycles. The molecular weight excluding hydrogens is 385 g/mol. The van der Waals surface area contributed by atoms with Crippen LogP contribution < -0.4 is 4.72 Å². The maximum absolute atomic E-state index is 12.5. The van der Waals surface area contributed by atoms with Gasteiger partial charge in [0.15, 0.2) is 0 Å². The van der Waals surface area contributed by atoms with Gasteiger partial charge in [0, 0.05) is 3.57 Å². The fraction of sp³-hybridized carbons (Fsp3) is 0.200. The summed E-state index contributed by atoms with van der Waals surface area (Å²) in [7, 11) is -3.55. The Kier molecular flexibility index (Phi) is 4.51. The molecule has 0 atom stereocenters. The molecule has 0 amide bonds. The topological polar surface area (TPSA) is 46.2 Å².